The molecule has 5 nitrogen and oxygen atoms in total. The number of hydrogen-bond acceptors (Lipinski definition) is 5. The molecule has 5 heteroatoms. The predicted molar refractivity (Wildman–Crippen MR) is 72.4 cm³/mol. The van der Waals surface area contributed by atoms with Gasteiger partial charge in [-0.15, -0.1) is 0 Å². The molecule has 1 heterocycles. The number of aliphatic hydroxyl groups excluding tert-OH is 1. The third-order valence-corrected chi connectivity index (χ3v) is 3.57. The van der Waals surface area contributed by atoms with Crippen LogP contribution in [-0.2, 0) is 14.4 Å². The predicted octanol–water partition coefficient (Wildman–Crippen LogP) is 1.88. The molecule has 0 saturated carbocycles. The van der Waals surface area contributed by atoms with Crippen LogP contribution in [0, 0.1) is 0 Å². The molecule has 0 aromatic rings. The van der Waals surface area contributed by atoms with Crippen LogP contribution in [0.25, 0.3) is 0 Å². The summed E-state index contributed by atoms with van der Waals surface area (Å²) in [7, 11) is 1.35. The van der Waals surface area contributed by atoms with Crippen LogP contribution in [0.2, 0.25) is 0 Å². The molecule has 0 atom stereocenters. The first-order valence-corrected chi connectivity index (χ1v) is 6.68. The zero-order valence-electron chi connectivity index (χ0n) is 13.1. The first kappa shape index (κ1) is 16.4. The van der Waals surface area contributed by atoms with E-state index >= 15 is 0 Å². The summed E-state index contributed by atoms with van der Waals surface area (Å²) < 4.78 is 4.77. The minimum absolute atomic E-state index is 0.355. The quantitative estimate of drug-likeness (QED) is 0.796. The number of aliphatic hydroxyl groups is 1. The molecule has 19 heavy (non-hydrogen) atoms. The van der Waals surface area contributed by atoms with E-state index in [4.69, 9.17) is 9.57 Å². The van der Waals surface area contributed by atoms with Gasteiger partial charge in [-0.3, -0.25) is 4.84 Å². The Bertz CT molecular complexity index is 331. The fourth-order valence-electron chi connectivity index (χ4n) is 2.97. The van der Waals surface area contributed by atoms with Crippen molar-refractivity contribution >= 4 is 5.97 Å². The van der Waals surface area contributed by atoms with Crippen LogP contribution < -0.4 is 0 Å². The lowest BCUT2D eigenvalue weighted by atomic mass is 9.80. The molecule has 0 radical (unpaired) electrons. The molecule has 1 rings (SSSR count). The summed E-state index contributed by atoms with van der Waals surface area (Å²) in [6, 6.07) is 0. The number of ether oxygens (including phenoxy) is 1. The van der Waals surface area contributed by atoms with Crippen molar-refractivity contribution in [3.05, 3.63) is 0 Å². The normalized spacial score (nSPS) is 24.2. The number of carbonyl (C=O) groups excluding carboxylic acids is 1. The van der Waals surface area contributed by atoms with E-state index in [0.29, 0.717) is 12.8 Å². The molecule has 1 aliphatic rings. The van der Waals surface area contributed by atoms with E-state index in [1.54, 1.807) is 13.8 Å². The Morgan fingerprint density at radius 2 is 1.63 bits per heavy atom. The lowest BCUT2D eigenvalue weighted by molar-refractivity contribution is -0.332. The maximum absolute atomic E-state index is 11.8. The van der Waals surface area contributed by atoms with Gasteiger partial charge in [0.2, 0.25) is 0 Å². The van der Waals surface area contributed by atoms with Gasteiger partial charge < -0.3 is 9.84 Å². The number of carbonyl (C=O) groups is 1. The van der Waals surface area contributed by atoms with Gasteiger partial charge in [0.05, 0.1) is 13.2 Å². The monoisotopic (exact) mass is 273 g/mol. The summed E-state index contributed by atoms with van der Waals surface area (Å²) in [5, 5.41) is 11.8. The van der Waals surface area contributed by atoms with Crippen LogP contribution >= 0.6 is 0 Å². The molecule has 0 aromatic heterocycles. The molecule has 0 aliphatic carbocycles. The van der Waals surface area contributed by atoms with Crippen LogP contribution in [0.15, 0.2) is 0 Å². The average Bonchev–Trinajstić information content (AvgIpc) is 2.20. The molecular formula is C14H27NO4. The number of esters is 1. The van der Waals surface area contributed by atoms with Crippen LogP contribution in [0.4, 0.5) is 0 Å². The van der Waals surface area contributed by atoms with E-state index < -0.39 is 11.6 Å². The second kappa shape index (κ2) is 5.04. The highest BCUT2D eigenvalue weighted by Crippen LogP contribution is 2.40. The van der Waals surface area contributed by atoms with Gasteiger partial charge in [0.25, 0.3) is 0 Å². The van der Waals surface area contributed by atoms with Gasteiger partial charge >= 0.3 is 5.97 Å². The first-order chi connectivity index (χ1) is 8.42. The molecule has 0 spiro atoms. The van der Waals surface area contributed by atoms with Crippen molar-refractivity contribution < 1.29 is 19.5 Å². The molecule has 0 bridgehead atoms. The Morgan fingerprint density at radius 3 is 2.00 bits per heavy atom. The standard InChI is InChI=1S/C14H27NO4/c1-12(2)8-10(16)9-13(3,4)15(12)19-14(5,6)11(17)18-7/h10,16H,8-9H2,1-7H3. The molecular weight excluding hydrogens is 246 g/mol. The highest BCUT2D eigenvalue weighted by atomic mass is 16.7. The minimum atomic E-state index is -1.05. The zero-order valence-corrected chi connectivity index (χ0v) is 13.1. The van der Waals surface area contributed by atoms with Gasteiger partial charge in [0, 0.05) is 11.1 Å². The maximum atomic E-state index is 11.8. The lowest BCUT2D eigenvalue weighted by Crippen LogP contribution is -2.64. The van der Waals surface area contributed by atoms with Gasteiger partial charge in [-0.05, 0) is 54.4 Å². The second-order valence-corrected chi connectivity index (χ2v) is 7.07. The summed E-state index contributed by atoms with van der Waals surface area (Å²) in [5.41, 5.74) is -1.76. The fourth-order valence-corrected chi connectivity index (χ4v) is 2.97. The van der Waals surface area contributed by atoms with Crippen molar-refractivity contribution in [2.45, 2.75) is 77.2 Å². The van der Waals surface area contributed by atoms with Crippen LogP contribution in [-0.4, -0.2) is 46.0 Å². The summed E-state index contributed by atoms with van der Waals surface area (Å²) in [6.45, 7) is 11.4. The molecule has 0 amide bonds. The first-order valence-electron chi connectivity index (χ1n) is 6.68. The van der Waals surface area contributed by atoms with Crippen molar-refractivity contribution in [2.75, 3.05) is 7.11 Å². The number of hydrogen-bond donors (Lipinski definition) is 1. The third kappa shape index (κ3) is 3.46. The zero-order chi connectivity index (χ0) is 15.1. The van der Waals surface area contributed by atoms with Crippen molar-refractivity contribution in [3.63, 3.8) is 0 Å². The third-order valence-electron chi connectivity index (χ3n) is 3.57. The molecule has 0 aromatic carbocycles. The van der Waals surface area contributed by atoms with Crippen LogP contribution in [0.5, 0.6) is 0 Å². The van der Waals surface area contributed by atoms with Crippen molar-refractivity contribution in [1.29, 1.82) is 0 Å². The molecule has 1 fully saturated rings. The summed E-state index contributed by atoms with van der Waals surface area (Å²) in [6.07, 6.45) is 0.854. The highest BCUT2D eigenvalue weighted by Gasteiger charge is 2.49. The van der Waals surface area contributed by atoms with Gasteiger partial charge in [0.1, 0.15) is 0 Å². The molecule has 1 aliphatic heterocycles. The van der Waals surface area contributed by atoms with E-state index in [-0.39, 0.29) is 17.2 Å². The Morgan fingerprint density at radius 1 is 1.21 bits per heavy atom. The van der Waals surface area contributed by atoms with Gasteiger partial charge in [0.15, 0.2) is 5.60 Å². The van der Waals surface area contributed by atoms with Gasteiger partial charge in [-0.25, -0.2) is 4.79 Å². The molecule has 112 valence electrons. The Labute approximate surface area is 115 Å². The average molecular weight is 273 g/mol. The number of rotatable bonds is 3. The van der Waals surface area contributed by atoms with Gasteiger partial charge in [-0.1, -0.05) is 0 Å². The molecule has 1 N–H and O–H groups in total. The summed E-state index contributed by atoms with van der Waals surface area (Å²) in [4.78, 5) is 17.7. The van der Waals surface area contributed by atoms with E-state index in [2.05, 4.69) is 0 Å². The topological polar surface area (TPSA) is 59.0 Å². The summed E-state index contributed by atoms with van der Waals surface area (Å²) >= 11 is 0. The second-order valence-electron chi connectivity index (χ2n) is 7.07. The largest absolute Gasteiger partial charge is 0.467 e. The van der Waals surface area contributed by atoms with Crippen LogP contribution in [0.3, 0.4) is 0 Å². The Balaban J connectivity index is 2.99. The fraction of sp³-hybridized carbons (Fsp3) is 0.929. The SMILES string of the molecule is COC(=O)C(C)(C)ON1C(C)(C)CC(O)CC1(C)C. The number of methoxy groups -OCH3 is 1. The van der Waals surface area contributed by atoms with Gasteiger partial charge in [-0.2, -0.15) is 5.06 Å². The maximum Gasteiger partial charge on any atom is 0.339 e. The number of piperidine rings is 1. The highest BCUT2D eigenvalue weighted by molar-refractivity contribution is 5.78. The lowest BCUT2D eigenvalue weighted by Gasteiger charge is -2.54. The minimum Gasteiger partial charge on any atom is -0.467 e. The molecule has 1 saturated heterocycles. The van der Waals surface area contributed by atoms with Crippen molar-refractivity contribution in [1.82, 2.24) is 5.06 Å². The molecule has 0 unspecified atom stereocenters. The number of hydroxylamine groups is 2. The van der Waals surface area contributed by atoms with E-state index in [0.717, 1.165) is 0 Å². The summed E-state index contributed by atoms with van der Waals surface area (Å²) in [5.74, 6) is -0.412. The van der Waals surface area contributed by atoms with Crippen LogP contribution in [0.1, 0.15) is 54.4 Å². The van der Waals surface area contributed by atoms with E-state index in [9.17, 15) is 9.90 Å². The Hall–Kier alpha value is -0.650. The van der Waals surface area contributed by atoms with E-state index in [1.807, 2.05) is 32.8 Å². The Kier molecular flexibility index (Phi) is 4.35. The van der Waals surface area contributed by atoms with E-state index in [1.165, 1.54) is 7.11 Å². The smallest absolute Gasteiger partial charge is 0.339 e. The van der Waals surface area contributed by atoms with Crippen molar-refractivity contribution in [3.8, 4) is 0 Å². The number of nitrogens with zero attached hydrogens (tertiary/aromatic N) is 1. The van der Waals surface area contributed by atoms with Crippen molar-refractivity contribution in [2.24, 2.45) is 0 Å².